The molecule has 0 saturated heterocycles. The van der Waals surface area contributed by atoms with Crippen molar-refractivity contribution in [3.05, 3.63) is 17.5 Å². The van der Waals surface area contributed by atoms with Crippen LogP contribution in [0.5, 0.6) is 0 Å². The number of aromatic nitrogens is 2. The third kappa shape index (κ3) is 1.61. The normalized spacial score (nSPS) is 10.3. The Kier molecular flexibility index (Phi) is 2.52. The van der Waals surface area contributed by atoms with Gasteiger partial charge in [-0.15, -0.1) is 0 Å². The van der Waals surface area contributed by atoms with E-state index in [1.54, 1.807) is 0 Å². The Morgan fingerprint density at radius 3 is 2.70 bits per heavy atom. The predicted molar refractivity (Wildman–Crippen MR) is 42.3 cm³/mol. The molecule has 0 aromatic carbocycles. The van der Waals surface area contributed by atoms with Crippen molar-refractivity contribution in [1.29, 1.82) is 0 Å². The number of nitrogens with zero attached hydrogens (tertiary/aromatic N) is 2. The molecule has 0 spiro atoms. The van der Waals surface area contributed by atoms with Crippen LogP contribution < -0.4 is 0 Å². The molecule has 0 atom stereocenters. The molecule has 0 amide bonds. The molecular weight excluding hydrogens is 191 g/mol. The summed E-state index contributed by atoms with van der Waals surface area (Å²) in [6, 6.07) is 2.09. The Hall–Kier alpha value is -0.271. The van der Waals surface area contributed by atoms with Gasteiger partial charge in [-0.25, -0.2) is 0 Å². The van der Waals surface area contributed by atoms with E-state index in [1.807, 2.05) is 11.6 Å². The van der Waals surface area contributed by atoms with Gasteiger partial charge < -0.3 is 0 Å². The molecule has 3 heteroatoms. The summed E-state index contributed by atoms with van der Waals surface area (Å²) in [6.07, 6.45) is 0. The molecule has 1 heterocycles. The van der Waals surface area contributed by atoms with Crippen LogP contribution in [-0.2, 0) is 6.54 Å². The van der Waals surface area contributed by atoms with Gasteiger partial charge in [-0.05, 0) is 0 Å². The van der Waals surface area contributed by atoms with E-state index in [1.165, 1.54) is 5.69 Å². The average molecular weight is 202 g/mol. The van der Waals surface area contributed by atoms with Crippen LogP contribution in [0.4, 0.5) is 0 Å². The van der Waals surface area contributed by atoms with Gasteiger partial charge in [0.15, 0.2) is 0 Å². The number of hydrogen-bond acceptors (Lipinski definition) is 1. The maximum absolute atomic E-state index is 4.30. The molecule has 10 heavy (non-hydrogen) atoms. The SMILES string of the molecule is Cc1cc(C)n(CC[Se-])n1. The van der Waals surface area contributed by atoms with Crippen LogP contribution >= 0.6 is 0 Å². The Bertz CT molecular complexity index is 217. The molecule has 0 radical (unpaired) electrons. The Morgan fingerprint density at radius 1 is 1.60 bits per heavy atom. The fourth-order valence-corrected chi connectivity index (χ4v) is 1.35. The van der Waals surface area contributed by atoms with E-state index in [0.29, 0.717) is 0 Å². The van der Waals surface area contributed by atoms with Gasteiger partial charge in [0.25, 0.3) is 0 Å². The Labute approximate surface area is 69.4 Å². The standard InChI is InChI=1S/C7H12N2Se/c1-6-5-7(2)9(8-6)3-4-10/h5,10H,3-4H2,1-2H3/p-1. The number of rotatable bonds is 2. The van der Waals surface area contributed by atoms with E-state index < -0.39 is 0 Å². The predicted octanol–water partition coefficient (Wildman–Crippen LogP) is 1.09. The van der Waals surface area contributed by atoms with Crippen molar-refractivity contribution < 1.29 is 0 Å². The van der Waals surface area contributed by atoms with Crippen LogP contribution in [-0.4, -0.2) is 25.8 Å². The van der Waals surface area contributed by atoms with E-state index in [4.69, 9.17) is 0 Å². The summed E-state index contributed by atoms with van der Waals surface area (Å²) in [5.74, 6) is 0. The first-order valence-corrected chi connectivity index (χ1v) is 4.54. The van der Waals surface area contributed by atoms with Crippen molar-refractivity contribution in [2.75, 3.05) is 0 Å². The fraction of sp³-hybridized carbons (Fsp3) is 0.571. The van der Waals surface area contributed by atoms with Gasteiger partial charge in [-0.3, -0.25) is 0 Å². The molecule has 0 aliphatic carbocycles. The van der Waals surface area contributed by atoms with Gasteiger partial charge in [0.2, 0.25) is 0 Å². The molecular formula is C7H11N2Se-. The van der Waals surface area contributed by atoms with Gasteiger partial charge >= 0.3 is 69.0 Å². The molecule has 0 aliphatic heterocycles. The van der Waals surface area contributed by atoms with Crippen LogP contribution in [0.2, 0.25) is 5.32 Å². The first-order valence-electron chi connectivity index (χ1n) is 3.33. The third-order valence-electron chi connectivity index (χ3n) is 1.41. The molecule has 0 saturated carbocycles. The molecule has 1 aromatic rings. The summed E-state index contributed by atoms with van der Waals surface area (Å²) in [5.41, 5.74) is 2.35. The second kappa shape index (κ2) is 3.22. The van der Waals surface area contributed by atoms with E-state index in [9.17, 15) is 0 Å². The minimum atomic E-state index is 0.986. The third-order valence-corrected chi connectivity index (χ3v) is 1.79. The van der Waals surface area contributed by atoms with Crippen LogP contribution in [0.15, 0.2) is 6.07 Å². The number of aryl methyl sites for hydroxylation is 3. The van der Waals surface area contributed by atoms with Crippen LogP contribution in [0, 0.1) is 13.8 Å². The molecule has 2 nitrogen and oxygen atoms in total. The monoisotopic (exact) mass is 203 g/mol. The Balaban J connectivity index is 2.81. The second-order valence-electron chi connectivity index (χ2n) is 2.35. The second-order valence-corrected chi connectivity index (χ2v) is 3.21. The first kappa shape index (κ1) is 7.83. The van der Waals surface area contributed by atoms with Crippen molar-refractivity contribution in [3.8, 4) is 0 Å². The van der Waals surface area contributed by atoms with Gasteiger partial charge in [-0.1, -0.05) is 0 Å². The van der Waals surface area contributed by atoms with Crippen LogP contribution in [0.3, 0.4) is 0 Å². The van der Waals surface area contributed by atoms with Gasteiger partial charge in [0, 0.05) is 0 Å². The number of hydrogen-bond donors (Lipinski definition) is 0. The molecule has 0 unspecified atom stereocenters. The summed E-state index contributed by atoms with van der Waals surface area (Å²) in [5, 5.41) is 5.33. The zero-order chi connectivity index (χ0) is 7.56. The molecule has 56 valence electrons. The van der Waals surface area contributed by atoms with E-state index >= 15 is 0 Å². The van der Waals surface area contributed by atoms with E-state index in [2.05, 4.69) is 34.1 Å². The summed E-state index contributed by atoms with van der Waals surface area (Å²) in [4.78, 5) is 0. The van der Waals surface area contributed by atoms with E-state index in [-0.39, 0.29) is 0 Å². The molecule has 0 fully saturated rings. The fourth-order valence-electron chi connectivity index (χ4n) is 0.988. The molecule has 0 N–H and O–H groups in total. The van der Waals surface area contributed by atoms with Gasteiger partial charge in [0.1, 0.15) is 0 Å². The van der Waals surface area contributed by atoms with Crippen LogP contribution in [0.25, 0.3) is 0 Å². The molecule has 0 bridgehead atoms. The van der Waals surface area contributed by atoms with Crippen molar-refractivity contribution in [2.24, 2.45) is 0 Å². The Morgan fingerprint density at radius 2 is 2.30 bits per heavy atom. The van der Waals surface area contributed by atoms with Gasteiger partial charge in [0.05, 0.1) is 0 Å². The minimum absolute atomic E-state index is 0.986. The van der Waals surface area contributed by atoms with Gasteiger partial charge in [-0.2, -0.15) is 0 Å². The zero-order valence-corrected chi connectivity index (χ0v) is 8.01. The van der Waals surface area contributed by atoms with Crippen LogP contribution in [0.1, 0.15) is 11.4 Å². The zero-order valence-electron chi connectivity index (χ0n) is 6.29. The molecule has 1 rings (SSSR count). The topological polar surface area (TPSA) is 17.8 Å². The molecule has 1 aromatic heterocycles. The van der Waals surface area contributed by atoms with Crippen molar-refractivity contribution in [2.45, 2.75) is 25.7 Å². The summed E-state index contributed by atoms with van der Waals surface area (Å²) in [7, 11) is 0. The quantitative estimate of drug-likeness (QED) is 0.656. The summed E-state index contributed by atoms with van der Waals surface area (Å²) in [6.45, 7) is 5.08. The summed E-state index contributed by atoms with van der Waals surface area (Å²) < 4.78 is 2.02. The molecule has 0 aliphatic rings. The van der Waals surface area contributed by atoms with Crippen molar-refractivity contribution in [1.82, 2.24) is 9.78 Å². The maximum atomic E-state index is 4.30. The summed E-state index contributed by atoms with van der Waals surface area (Å²) >= 11 is 2.97. The van der Waals surface area contributed by atoms with Crippen molar-refractivity contribution >= 4 is 16.0 Å². The van der Waals surface area contributed by atoms with E-state index in [0.717, 1.165) is 17.6 Å². The first-order chi connectivity index (χ1) is 4.74. The van der Waals surface area contributed by atoms with Crippen molar-refractivity contribution in [3.63, 3.8) is 0 Å². The average Bonchev–Trinajstić information content (AvgIpc) is 2.13.